The van der Waals surface area contributed by atoms with E-state index in [1.165, 1.54) is 12.3 Å². The first kappa shape index (κ1) is 14.5. The van der Waals surface area contributed by atoms with Crippen LogP contribution in [0.25, 0.3) is 0 Å². The van der Waals surface area contributed by atoms with Gasteiger partial charge in [0.15, 0.2) is 0 Å². The largest absolute Gasteiger partial charge is 0.497 e. The molecule has 1 aromatic carbocycles. The molecule has 1 aromatic heterocycles. The number of rotatable bonds is 6. The van der Waals surface area contributed by atoms with Crippen molar-refractivity contribution in [1.82, 2.24) is 10.3 Å². The Kier molecular flexibility index (Phi) is 5.07. The Morgan fingerprint density at radius 2 is 2.15 bits per heavy atom. The van der Waals surface area contributed by atoms with E-state index in [2.05, 4.69) is 17.2 Å². The first-order chi connectivity index (χ1) is 9.72. The van der Waals surface area contributed by atoms with E-state index >= 15 is 0 Å². The van der Waals surface area contributed by atoms with Crippen molar-refractivity contribution in [3.05, 3.63) is 59.7 Å². The van der Waals surface area contributed by atoms with Gasteiger partial charge in [0.2, 0.25) is 0 Å². The van der Waals surface area contributed by atoms with Gasteiger partial charge < -0.3 is 10.1 Å². The van der Waals surface area contributed by atoms with E-state index in [4.69, 9.17) is 4.74 Å². The Labute approximate surface area is 118 Å². The highest BCUT2D eigenvalue weighted by Crippen LogP contribution is 2.17. The smallest absolute Gasteiger partial charge is 0.141 e. The van der Waals surface area contributed by atoms with Crippen molar-refractivity contribution in [2.75, 3.05) is 7.11 Å². The van der Waals surface area contributed by atoms with Crippen LogP contribution >= 0.6 is 0 Å². The molecule has 1 unspecified atom stereocenters. The van der Waals surface area contributed by atoms with E-state index in [0.29, 0.717) is 0 Å². The molecule has 4 heteroatoms. The summed E-state index contributed by atoms with van der Waals surface area (Å²) in [5.41, 5.74) is 2.00. The van der Waals surface area contributed by atoms with Gasteiger partial charge >= 0.3 is 0 Å². The standard InChI is InChI=1S/C16H19FN2O/c1-3-15(16-8-7-13(17)11-19-16)18-10-12-5-4-6-14(9-12)20-2/h4-9,11,15,18H,3,10H2,1-2H3. The van der Waals surface area contributed by atoms with Crippen LogP contribution in [-0.2, 0) is 6.54 Å². The summed E-state index contributed by atoms with van der Waals surface area (Å²) in [6, 6.07) is 11.2. The third kappa shape index (κ3) is 3.78. The minimum atomic E-state index is -0.309. The lowest BCUT2D eigenvalue weighted by molar-refractivity contribution is 0.413. The molecule has 0 spiro atoms. The molecule has 1 atom stereocenters. The molecule has 106 valence electrons. The van der Waals surface area contributed by atoms with E-state index in [9.17, 15) is 4.39 Å². The summed E-state index contributed by atoms with van der Waals surface area (Å²) in [5, 5.41) is 3.43. The fourth-order valence-electron chi connectivity index (χ4n) is 2.07. The number of hydrogen-bond acceptors (Lipinski definition) is 3. The minimum absolute atomic E-state index is 0.113. The van der Waals surface area contributed by atoms with Crippen LogP contribution in [0.5, 0.6) is 5.75 Å². The molecule has 1 heterocycles. The lowest BCUT2D eigenvalue weighted by Crippen LogP contribution is -2.21. The van der Waals surface area contributed by atoms with Gasteiger partial charge in [0, 0.05) is 12.6 Å². The molecule has 0 saturated carbocycles. The van der Waals surface area contributed by atoms with Gasteiger partial charge in [-0.05, 0) is 36.2 Å². The van der Waals surface area contributed by atoms with Crippen LogP contribution in [0, 0.1) is 5.82 Å². The Morgan fingerprint density at radius 3 is 2.80 bits per heavy atom. The van der Waals surface area contributed by atoms with E-state index in [1.807, 2.05) is 24.3 Å². The zero-order valence-corrected chi connectivity index (χ0v) is 11.8. The maximum absolute atomic E-state index is 12.9. The molecule has 3 nitrogen and oxygen atoms in total. The molecule has 0 fully saturated rings. The summed E-state index contributed by atoms with van der Waals surface area (Å²) < 4.78 is 18.1. The van der Waals surface area contributed by atoms with Crippen LogP contribution in [0.3, 0.4) is 0 Å². The SMILES string of the molecule is CCC(NCc1cccc(OC)c1)c1ccc(F)cn1. The Balaban J connectivity index is 2.01. The van der Waals surface area contributed by atoms with E-state index in [1.54, 1.807) is 13.2 Å². The molecule has 0 bridgehead atoms. The molecule has 0 radical (unpaired) electrons. The minimum Gasteiger partial charge on any atom is -0.497 e. The highest BCUT2D eigenvalue weighted by atomic mass is 19.1. The summed E-state index contributed by atoms with van der Waals surface area (Å²) in [6.07, 6.45) is 2.15. The predicted molar refractivity (Wildman–Crippen MR) is 77.1 cm³/mol. The molecule has 20 heavy (non-hydrogen) atoms. The van der Waals surface area contributed by atoms with E-state index in [-0.39, 0.29) is 11.9 Å². The van der Waals surface area contributed by atoms with Crippen molar-refractivity contribution >= 4 is 0 Å². The number of nitrogens with one attached hydrogen (secondary N) is 1. The van der Waals surface area contributed by atoms with Crippen LogP contribution in [-0.4, -0.2) is 12.1 Å². The predicted octanol–water partition coefficient (Wildman–Crippen LogP) is 3.47. The number of ether oxygens (including phenoxy) is 1. The molecular weight excluding hydrogens is 255 g/mol. The molecule has 0 aliphatic heterocycles. The van der Waals surface area contributed by atoms with Crippen LogP contribution < -0.4 is 10.1 Å². The van der Waals surface area contributed by atoms with Gasteiger partial charge in [-0.25, -0.2) is 4.39 Å². The maximum Gasteiger partial charge on any atom is 0.141 e. The monoisotopic (exact) mass is 274 g/mol. The molecule has 0 amide bonds. The van der Waals surface area contributed by atoms with Gasteiger partial charge in [-0.3, -0.25) is 4.98 Å². The molecule has 2 aromatic rings. The van der Waals surface area contributed by atoms with Crippen molar-refractivity contribution in [2.24, 2.45) is 0 Å². The van der Waals surface area contributed by atoms with Crippen molar-refractivity contribution in [1.29, 1.82) is 0 Å². The molecule has 0 aliphatic rings. The summed E-state index contributed by atoms with van der Waals surface area (Å²) in [6.45, 7) is 2.79. The fraction of sp³-hybridized carbons (Fsp3) is 0.312. The van der Waals surface area contributed by atoms with Crippen molar-refractivity contribution in [2.45, 2.75) is 25.9 Å². The molecule has 0 saturated heterocycles. The highest BCUT2D eigenvalue weighted by molar-refractivity contribution is 5.28. The Morgan fingerprint density at radius 1 is 1.30 bits per heavy atom. The topological polar surface area (TPSA) is 34.1 Å². The van der Waals surface area contributed by atoms with Gasteiger partial charge in [-0.1, -0.05) is 19.1 Å². The van der Waals surface area contributed by atoms with Gasteiger partial charge in [-0.2, -0.15) is 0 Å². The van der Waals surface area contributed by atoms with Crippen LogP contribution in [0.1, 0.15) is 30.6 Å². The second-order valence-corrected chi connectivity index (χ2v) is 4.59. The molecular formula is C16H19FN2O. The second-order valence-electron chi connectivity index (χ2n) is 4.59. The van der Waals surface area contributed by atoms with Crippen molar-refractivity contribution in [3.8, 4) is 5.75 Å². The van der Waals surface area contributed by atoms with Gasteiger partial charge in [0.05, 0.1) is 19.0 Å². The van der Waals surface area contributed by atoms with Crippen molar-refractivity contribution < 1.29 is 9.13 Å². The van der Waals surface area contributed by atoms with Gasteiger partial charge in [0.1, 0.15) is 11.6 Å². The number of halogens is 1. The summed E-state index contributed by atoms with van der Waals surface area (Å²) >= 11 is 0. The summed E-state index contributed by atoms with van der Waals surface area (Å²) in [7, 11) is 1.66. The zero-order chi connectivity index (χ0) is 14.4. The lowest BCUT2D eigenvalue weighted by Gasteiger charge is -2.16. The van der Waals surface area contributed by atoms with E-state index < -0.39 is 0 Å². The highest BCUT2D eigenvalue weighted by Gasteiger charge is 2.10. The number of pyridine rings is 1. The van der Waals surface area contributed by atoms with Crippen molar-refractivity contribution in [3.63, 3.8) is 0 Å². The molecule has 1 N–H and O–H groups in total. The average molecular weight is 274 g/mol. The van der Waals surface area contributed by atoms with Gasteiger partial charge in [0.25, 0.3) is 0 Å². The first-order valence-electron chi connectivity index (χ1n) is 6.70. The van der Waals surface area contributed by atoms with E-state index in [0.717, 1.165) is 30.0 Å². The van der Waals surface area contributed by atoms with Gasteiger partial charge in [-0.15, -0.1) is 0 Å². The summed E-state index contributed by atoms with van der Waals surface area (Å²) in [4.78, 5) is 4.13. The summed E-state index contributed by atoms with van der Waals surface area (Å²) in [5.74, 6) is 0.536. The second kappa shape index (κ2) is 7.01. The molecule has 0 aliphatic carbocycles. The third-order valence-electron chi connectivity index (χ3n) is 3.20. The van der Waals surface area contributed by atoms with Crippen LogP contribution in [0.4, 0.5) is 4.39 Å². The number of aromatic nitrogens is 1. The third-order valence-corrected chi connectivity index (χ3v) is 3.20. The first-order valence-corrected chi connectivity index (χ1v) is 6.70. The quantitative estimate of drug-likeness (QED) is 0.875. The van der Waals surface area contributed by atoms with Crippen LogP contribution in [0.2, 0.25) is 0 Å². The number of methoxy groups -OCH3 is 1. The average Bonchev–Trinajstić information content (AvgIpc) is 2.50. The normalized spacial score (nSPS) is 12.2. The van der Waals surface area contributed by atoms with Crippen LogP contribution in [0.15, 0.2) is 42.6 Å². The maximum atomic E-state index is 12.9. The molecule has 2 rings (SSSR count). The Bertz CT molecular complexity index is 542. The number of benzene rings is 1. The number of nitrogens with zero attached hydrogens (tertiary/aromatic N) is 1. The zero-order valence-electron chi connectivity index (χ0n) is 11.8. The lowest BCUT2D eigenvalue weighted by atomic mass is 10.1. The fourth-order valence-corrected chi connectivity index (χ4v) is 2.07. The number of hydrogen-bond donors (Lipinski definition) is 1. The Hall–Kier alpha value is -1.94.